The van der Waals surface area contributed by atoms with Gasteiger partial charge in [0.05, 0.1) is 19.1 Å². The van der Waals surface area contributed by atoms with Crippen molar-refractivity contribution in [3.63, 3.8) is 0 Å². The first-order chi connectivity index (χ1) is 18.1. The summed E-state index contributed by atoms with van der Waals surface area (Å²) in [5.74, 6) is 0.905. The lowest BCUT2D eigenvalue weighted by Gasteiger charge is -2.31. The third kappa shape index (κ3) is 7.72. The van der Waals surface area contributed by atoms with Crippen LogP contribution in [-0.2, 0) is 26.2 Å². The number of benzene rings is 3. The summed E-state index contributed by atoms with van der Waals surface area (Å²) in [6.07, 6.45) is 1.04. The van der Waals surface area contributed by atoms with E-state index in [0.29, 0.717) is 29.5 Å². The number of likely N-dealkylation sites (N-methyl/N-ethyl adjacent to an activating group) is 1. The fraction of sp³-hybridized carbons (Fsp3) is 0.286. The molecule has 2 amide bonds. The third-order valence-corrected chi connectivity index (χ3v) is 6.93. The lowest BCUT2D eigenvalue weighted by molar-refractivity contribution is -0.139. The molecule has 1 N–H and O–H groups in total. The van der Waals surface area contributed by atoms with E-state index in [-0.39, 0.29) is 12.5 Å². The van der Waals surface area contributed by atoms with Crippen LogP contribution in [0.25, 0.3) is 0 Å². The summed E-state index contributed by atoms with van der Waals surface area (Å²) in [5, 5.41) is 2.73. The number of carbonyl (C=O) groups excluding carboxylic acids is 2. The van der Waals surface area contributed by atoms with Crippen molar-refractivity contribution < 1.29 is 27.5 Å². The first-order valence-corrected chi connectivity index (χ1v) is 14.0. The van der Waals surface area contributed by atoms with Crippen LogP contribution >= 0.6 is 0 Å². The highest BCUT2D eigenvalue weighted by atomic mass is 32.2. The number of para-hydroxylation sites is 1. The van der Waals surface area contributed by atoms with Gasteiger partial charge >= 0.3 is 0 Å². The number of hydrogen-bond donors (Lipinski definition) is 1. The molecule has 9 nitrogen and oxygen atoms in total. The molecule has 38 heavy (non-hydrogen) atoms. The highest BCUT2D eigenvalue weighted by Gasteiger charge is 2.30. The van der Waals surface area contributed by atoms with Gasteiger partial charge in [-0.1, -0.05) is 30.3 Å². The maximum absolute atomic E-state index is 13.6. The average molecular weight is 540 g/mol. The molecule has 0 aliphatic heterocycles. The number of methoxy groups -OCH3 is 1. The number of sulfonamides is 1. The lowest BCUT2D eigenvalue weighted by atomic mass is 10.1. The van der Waals surface area contributed by atoms with Crippen LogP contribution in [0.1, 0.15) is 19.4 Å². The van der Waals surface area contributed by atoms with E-state index < -0.39 is 28.5 Å². The Morgan fingerprint density at radius 2 is 1.55 bits per heavy atom. The Labute approximate surface area is 224 Å². The Bertz CT molecular complexity index is 1330. The van der Waals surface area contributed by atoms with Gasteiger partial charge in [0.1, 0.15) is 29.8 Å². The molecular formula is C28H33N3O6S. The standard InChI is InChI=1S/C28H33N3O6S/c1-5-29-28(33)21(2)30(19-22-10-9-13-26(18-22)36-3)27(32)20-31(38(4,34)35)23-14-16-25(17-15-23)37-24-11-7-6-8-12-24/h6-18,21H,5,19-20H2,1-4H3,(H,29,33). The van der Waals surface area contributed by atoms with Crippen molar-refractivity contribution in [3.05, 3.63) is 84.4 Å². The largest absolute Gasteiger partial charge is 0.497 e. The summed E-state index contributed by atoms with van der Waals surface area (Å²) < 4.78 is 37.6. The number of nitrogens with one attached hydrogen (secondary N) is 1. The maximum Gasteiger partial charge on any atom is 0.244 e. The zero-order chi connectivity index (χ0) is 27.7. The Morgan fingerprint density at radius 1 is 0.921 bits per heavy atom. The second-order valence-corrected chi connectivity index (χ2v) is 10.5. The molecule has 0 heterocycles. The first-order valence-electron chi connectivity index (χ1n) is 12.1. The summed E-state index contributed by atoms with van der Waals surface area (Å²) in [5.41, 5.74) is 1.04. The van der Waals surface area contributed by atoms with Gasteiger partial charge in [-0.25, -0.2) is 8.42 Å². The third-order valence-electron chi connectivity index (χ3n) is 5.79. The van der Waals surface area contributed by atoms with E-state index in [1.165, 1.54) is 4.90 Å². The first kappa shape index (κ1) is 28.5. The predicted molar refractivity (Wildman–Crippen MR) is 147 cm³/mol. The zero-order valence-corrected chi connectivity index (χ0v) is 22.8. The molecule has 3 aromatic rings. The molecule has 10 heteroatoms. The quantitative estimate of drug-likeness (QED) is 0.375. The van der Waals surface area contributed by atoms with E-state index in [0.717, 1.165) is 16.1 Å². The Morgan fingerprint density at radius 3 is 2.16 bits per heavy atom. The maximum atomic E-state index is 13.6. The second kappa shape index (κ2) is 13.0. The van der Waals surface area contributed by atoms with E-state index in [9.17, 15) is 18.0 Å². The number of carbonyl (C=O) groups is 2. The van der Waals surface area contributed by atoms with Gasteiger partial charge in [-0.2, -0.15) is 0 Å². The van der Waals surface area contributed by atoms with Gasteiger partial charge in [0.2, 0.25) is 21.8 Å². The van der Waals surface area contributed by atoms with Crippen LogP contribution in [0.3, 0.4) is 0 Å². The fourth-order valence-electron chi connectivity index (χ4n) is 3.79. The van der Waals surface area contributed by atoms with Crippen LogP contribution in [0.5, 0.6) is 17.2 Å². The minimum absolute atomic E-state index is 0.0930. The minimum atomic E-state index is -3.83. The van der Waals surface area contributed by atoms with Crippen molar-refractivity contribution in [1.29, 1.82) is 0 Å². The van der Waals surface area contributed by atoms with Crippen LogP contribution in [0.4, 0.5) is 5.69 Å². The van der Waals surface area contributed by atoms with Crippen molar-refractivity contribution in [1.82, 2.24) is 10.2 Å². The summed E-state index contributed by atoms with van der Waals surface area (Å²) in [6, 6.07) is 21.9. The molecule has 1 atom stereocenters. The molecule has 202 valence electrons. The highest BCUT2D eigenvalue weighted by molar-refractivity contribution is 7.92. The molecule has 0 fully saturated rings. The van der Waals surface area contributed by atoms with Crippen LogP contribution in [0.15, 0.2) is 78.9 Å². The molecule has 0 saturated heterocycles. The molecule has 0 aromatic heterocycles. The lowest BCUT2D eigenvalue weighted by Crippen LogP contribution is -2.51. The van der Waals surface area contributed by atoms with Crippen molar-refractivity contribution in [2.24, 2.45) is 0 Å². The number of ether oxygens (including phenoxy) is 2. The van der Waals surface area contributed by atoms with Gasteiger partial charge in [0.15, 0.2) is 0 Å². The number of nitrogens with zero attached hydrogens (tertiary/aromatic N) is 2. The van der Waals surface area contributed by atoms with E-state index in [2.05, 4.69) is 5.32 Å². The van der Waals surface area contributed by atoms with Gasteiger partial charge in [0.25, 0.3) is 0 Å². The van der Waals surface area contributed by atoms with Crippen molar-refractivity contribution >= 4 is 27.5 Å². The number of hydrogen-bond acceptors (Lipinski definition) is 6. The molecule has 0 aliphatic carbocycles. The monoisotopic (exact) mass is 539 g/mol. The Kier molecular flexibility index (Phi) is 9.72. The van der Waals surface area contributed by atoms with Gasteiger partial charge in [-0.3, -0.25) is 13.9 Å². The predicted octanol–water partition coefficient (Wildman–Crippen LogP) is 3.81. The van der Waals surface area contributed by atoms with Crippen molar-refractivity contribution in [2.45, 2.75) is 26.4 Å². The van der Waals surface area contributed by atoms with Crippen LogP contribution < -0.4 is 19.1 Å². The summed E-state index contributed by atoms with van der Waals surface area (Å²) in [6.45, 7) is 3.41. The fourth-order valence-corrected chi connectivity index (χ4v) is 4.64. The Balaban J connectivity index is 1.86. The highest BCUT2D eigenvalue weighted by Crippen LogP contribution is 2.26. The molecule has 0 radical (unpaired) electrons. The van der Waals surface area contributed by atoms with Gasteiger partial charge in [0, 0.05) is 13.1 Å². The average Bonchev–Trinajstić information content (AvgIpc) is 2.90. The molecule has 1 unspecified atom stereocenters. The smallest absolute Gasteiger partial charge is 0.244 e. The molecule has 3 rings (SSSR count). The van der Waals surface area contributed by atoms with Gasteiger partial charge in [-0.05, 0) is 67.9 Å². The normalized spacial score (nSPS) is 11.8. The van der Waals surface area contributed by atoms with E-state index >= 15 is 0 Å². The zero-order valence-electron chi connectivity index (χ0n) is 22.0. The number of amides is 2. The topological polar surface area (TPSA) is 105 Å². The summed E-state index contributed by atoms with van der Waals surface area (Å²) >= 11 is 0. The molecule has 0 saturated carbocycles. The molecule has 3 aromatic carbocycles. The molecule has 0 spiro atoms. The van der Waals surface area contributed by atoms with Crippen molar-refractivity contribution in [2.75, 3.05) is 30.8 Å². The van der Waals surface area contributed by atoms with E-state index in [1.807, 2.05) is 36.4 Å². The SMILES string of the molecule is CCNC(=O)C(C)N(Cc1cccc(OC)c1)C(=O)CN(c1ccc(Oc2ccccc2)cc1)S(C)(=O)=O. The number of rotatable bonds is 12. The Hall–Kier alpha value is -4.05. The summed E-state index contributed by atoms with van der Waals surface area (Å²) in [4.78, 5) is 27.6. The van der Waals surface area contributed by atoms with Crippen molar-refractivity contribution in [3.8, 4) is 17.2 Å². The summed E-state index contributed by atoms with van der Waals surface area (Å²) in [7, 11) is -2.29. The molecule has 0 aliphatic rings. The van der Waals surface area contributed by atoms with Crippen LogP contribution in [0.2, 0.25) is 0 Å². The minimum Gasteiger partial charge on any atom is -0.497 e. The number of anilines is 1. The van der Waals surface area contributed by atoms with Gasteiger partial charge < -0.3 is 19.7 Å². The molecular weight excluding hydrogens is 506 g/mol. The van der Waals surface area contributed by atoms with Crippen LogP contribution in [0, 0.1) is 0 Å². The van der Waals surface area contributed by atoms with E-state index in [4.69, 9.17) is 9.47 Å². The molecule has 0 bridgehead atoms. The van der Waals surface area contributed by atoms with Crippen LogP contribution in [-0.4, -0.2) is 57.6 Å². The van der Waals surface area contributed by atoms with Gasteiger partial charge in [-0.15, -0.1) is 0 Å². The second-order valence-electron chi connectivity index (χ2n) is 8.62. The van der Waals surface area contributed by atoms with E-state index in [1.54, 1.807) is 63.4 Å².